The van der Waals surface area contributed by atoms with Gasteiger partial charge in [-0.05, 0) is 40.5 Å². The number of rotatable bonds is 1. The molecule has 96 valence electrons. The van der Waals surface area contributed by atoms with Gasteiger partial charge in [-0.25, -0.2) is 9.59 Å². The van der Waals surface area contributed by atoms with Crippen LogP contribution in [0, 0.1) is 6.92 Å². The van der Waals surface area contributed by atoms with Crippen LogP contribution in [0.15, 0.2) is 22.7 Å². The van der Waals surface area contributed by atoms with Crippen LogP contribution >= 0.6 is 15.9 Å². The van der Waals surface area contributed by atoms with E-state index < -0.39 is 11.9 Å². The minimum atomic E-state index is -0.640. The molecule has 0 aliphatic carbocycles. The van der Waals surface area contributed by atoms with Gasteiger partial charge in [0.2, 0.25) is 0 Å². The van der Waals surface area contributed by atoms with Gasteiger partial charge in [0.05, 0.1) is 22.7 Å². The topological polar surface area (TPSA) is 52.6 Å². The van der Waals surface area contributed by atoms with Crippen molar-refractivity contribution in [3.63, 3.8) is 0 Å². The van der Waals surface area contributed by atoms with Crippen LogP contribution in [0.1, 0.15) is 26.3 Å². The van der Waals surface area contributed by atoms with Gasteiger partial charge in [0.25, 0.3) is 0 Å². The van der Waals surface area contributed by atoms with Crippen LogP contribution in [-0.4, -0.2) is 19.0 Å². The van der Waals surface area contributed by atoms with Crippen molar-refractivity contribution in [3.8, 4) is 5.75 Å². The summed E-state index contributed by atoms with van der Waals surface area (Å²) in [6.07, 6.45) is 0. The summed E-state index contributed by atoms with van der Waals surface area (Å²) in [6.45, 7) is 1.91. The molecule has 0 spiro atoms. The smallest absolute Gasteiger partial charge is 0.346 e. The van der Waals surface area contributed by atoms with Gasteiger partial charge in [0.1, 0.15) is 5.75 Å². The monoisotopic (exact) mass is 320 g/mol. The summed E-state index contributed by atoms with van der Waals surface area (Å²) in [5, 5.41) is 1.42. The van der Waals surface area contributed by atoms with Crippen molar-refractivity contribution in [1.82, 2.24) is 0 Å². The number of aryl methyl sites for hydroxylation is 1. The molecule has 19 heavy (non-hydrogen) atoms. The summed E-state index contributed by atoms with van der Waals surface area (Å²) in [6, 6.07) is 5.09. The number of hydrogen-bond acceptors (Lipinski definition) is 4. The molecule has 2 aromatic carbocycles. The van der Waals surface area contributed by atoms with E-state index in [-0.39, 0.29) is 0 Å². The lowest BCUT2D eigenvalue weighted by Crippen LogP contribution is -2.20. The molecule has 3 rings (SSSR count). The molecule has 0 radical (unpaired) electrons. The zero-order valence-corrected chi connectivity index (χ0v) is 11.8. The summed E-state index contributed by atoms with van der Waals surface area (Å²) >= 11 is 3.47. The first kappa shape index (κ1) is 12.2. The molecule has 0 aromatic heterocycles. The van der Waals surface area contributed by atoms with Gasteiger partial charge in [-0.2, -0.15) is 0 Å². The number of hydrogen-bond donors (Lipinski definition) is 0. The molecule has 0 unspecified atom stereocenters. The van der Waals surface area contributed by atoms with Crippen LogP contribution in [0.25, 0.3) is 10.8 Å². The molecule has 0 saturated carbocycles. The second kappa shape index (κ2) is 4.06. The van der Waals surface area contributed by atoms with E-state index in [0.717, 1.165) is 15.4 Å². The van der Waals surface area contributed by atoms with Gasteiger partial charge in [-0.1, -0.05) is 6.07 Å². The van der Waals surface area contributed by atoms with Crippen LogP contribution < -0.4 is 4.74 Å². The Hall–Kier alpha value is -1.88. The first-order valence-electron chi connectivity index (χ1n) is 5.61. The largest absolute Gasteiger partial charge is 0.496 e. The average molecular weight is 321 g/mol. The van der Waals surface area contributed by atoms with Gasteiger partial charge >= 0.3 is 11.9 Å². The molecular weight excluding hydrogens is 312 g/mol. The number of esters is 2. The van der Waals surface area contributed by atoms with Gasteiger partial charge in [-0.15, -0.1) is 0 Å². The van der Waals surface area contributed by atoms with Gasteiger partial charge in [0, 0.05) is 10.8 Å². The summed E-state index contributed by atoms with van der Waals surface area (Å²) in [5.41, 5.74) is 1.71. The quantitative estimate of drug-likeness (QED) is 0.598. The molecule has 0 amide bonds. The Kier molecular flexibility index (Phi) is 2.60. The maximum atomic E-state index is 11.9. The number of halogens is 1. The number of cyclic esters (lactones) is 2. The minimum absolute atomic E-state index is 0.355. The Morgan fingerprint density at radius 1 is 1.11 bits per heavy atom. The zero-order valence-electron chi connectivity index (χ0n) is 10.2. The van der Waals surface area contributed by atoms with E-state index in [4.69, 9.17) is 9.47 Å². The molecule has 1 heterocycles. The van der Waals surface area contributed by atoms with Crippen molar-refractivity contribution in [2.75, 3.05) is 7.11 Å². The molecule has 1 aliphatic rings. The van der Waals surface area contributed by atoms with E-state index in [2.05, 4.69) is 15.9 Å². The third-order valence-electron chi connectivity index (χ3n) is 3.24. The Morgan fingerprint density at radius 3 is 2.47 bits per heavy atom. The van der Waals surface area contributed by atoms with E-state index in [1.807, 2.05) is 13.0 Å². The normalized spacial score (nSPS) is 13.6. The minimum Gasteiger partial charge on any atom is -0.496 e. The average Bonchev–Trinajstić information content (AvgIpc) is 2.37. The molecule has 0 fully saturated rings. The van der Waals surface area contributed by atoms with Crippen LogP contribution in [-0.2, 0) is 4.74 Å². The second-order valence-electron chi connectivity index (χ2n) is 4.30. The molecule has 4 nitrogen and oxygen atoms in total. The maximum absolute atomic E-state index is 11.9. The Balaban J connectivity index is 2.58. The Morgan fingerprint density at radius 2 is 1.79 bits per heavy atom. The first-order valence-corrected chi connectivity index (χ1v) is 6.40. The second-order valence-corrected chi connectivity index (χ2v) is 5.09. The third kappa shape index (κ3) is 1.58. The van der Waals surface area contributed by atoms with Crippen LogP contribution in [0.2, 0.25) is 0 Å². The molecule has 0 atom stereocenters. The Labute approximate surface area is 117 Å². The lowest BCUT2D eigenvalue weighted by atomic mass is 9.94. The van der Waals surface area contributed by atoms with Crippen molar-refractivity contribution in [1.29, 1.82) is 0 Å². The molecular formula is C14H9BrO4. The van der Waals surface area contributed by atoms with Crippen LogP contribution in [0.3, 0.4) is 0 Å². The summed E-state index contributed by atoms with van der Waals surface area (Å²) in [4.78, 5) is 23.6. The predicted molar refractivity (Wildman–Crippen MR) is 72.7 cm³/mol. The number of methoxy groups -OCH3 is 1. The van der Waals surface area contributed by atoms with Crippen molar-refractivity contribution in [3.05, 3.63) is 39.4 Å². The first-order chi connectivity index (χ1) is 9.04. The maximum Gasteiger partial charge on any atom is 0.346 e. The fraction of sp³-hybridized carbons (Fsp3) is 0.143. The molecule has 5 heteroatoms. The number of carbonyl (C=O) groups excluding carboxylic acids is 2. The summed E-state index contributed by atoms with van der Waals surface area (Å²) in [5.74, 6) is -0.715. The lowest BCUT2D eigenvalue weighted by Gasteiger charge is -2.19. The van der Waals surface area contributed by atoms with Crippen molar-refractivity contribution in [2.24, 2.45) is 0 Å². The number of benzene rings is 2. The highest BCUT2D eigenvalue weighted by Crippen LogP contribution is 2.40. The van der Waals surface area contributed by atoms with E-state index in [0.29, 0.717) is 22.3 Å². The fourth-order valence-corrected chi connectivity index (χ4v) is 3.12. The summed E-state index contributed by atoms with van der Waals surface area (Å²) < 4.78 is 10.7. The van der Waals surface area contributed by atoms with Crippen molar-refractivity contribution < 1.29 is 19.1 Å². The molecule has 0 N–H and O–H groups in total. The van der Waals surface area contributed by atoms with Gasteiger partial charge in [0.15, 0.2) is 0 Å². The van der Waals surface area contributed by atoms with E-state index in [9.17, 15) is 9.59 Å². The number of ether oxygens (including phenoxy) is 2. The standard InChI is InChI=1S/C14H9BrO4/c1-6-3-4-7-11-8(14(17)19-13(7)16)5-9(18-2)12(15)10(6)11/h3-5H,1-2H3. The Bertz CT molecular complexity index is 749. The highest BCUT2D eigenvalue weighted by atomic mass is 79.9. The molecule has 0 bridgehead atoms. The number of carbonyl (C=O) groups is 2. The van der Waals surface area contributed by atoms with E-state index in [1.165, 1.54) is 7.11 Å². The highest BCUT2D eigenvalue weighted by molar-refractivity contribution is 9.10. The lowest BCUT2D eigenvalue weighted by molar-refractivity contribution is 0.0391. The molecule has 1 aliphatic heterocycles. The van der Waals surface area contributed by atoms with E-state index in [1.54, 1.807) is 12.1 Å². The SMILES string of the molecule is COc1cc2c3c(ccc(C)c3c1Br)C(=O)OC2=O. The molecule has 2 aromatic rings. The van der Waals surface area contributed by atoms with Crippen molar-refractivity contribution in [2.45, 2.75) is 6.92 Å². The fourth-order valence-electron chi connectivity index (χ4n) is 2.33. The zero-order chi connectivity index (χ0) is 13.7. The third-order valence-corrected chi connectivity index (χ3v) is 4.03. The predicted octanol–water partition coefficient (Wildman–Crippen LogP) is 3.23. The summed E-state index contributed by atoms with van der Waals surface area (Å²) in [7, 11) is 1.52. The molecule has 0 saturated heterocycles. The van der Waals surface area contributed by atoms with Gasteiger partial charge in [-0.3, -0.25) is 0 Å². The van der Waals surface area contributed by atoms with Crippen LogP contribution in [0.4, 0.5) is 0 Å². The van der Waals surface area contributed by atoms with E-state index >= 15 is 0 Å². The van der Waals surface area contributed by atoms with Gasteiger partial charge < -0.3 is 9.47 Å². The van der Waals surface area contributed by atoms with Crippen LogP contribution in [0.5, 0.6) is 5.75 Å². The van der Waals surface area contributed by atoms with Crippen molar-refractivity contribution >= 4 is 38.6 Å². The highest BCUT2D eigenvalue weighted by Gasteiger charge is 2.30.